The van der Waals surface area contributed by atoms with Crippen LogP contribution in [0.2, 0.25) is 0 Å². The zero-order valence-electron chi connectivity index (χ0n) is 9.64. The fourth-order valence-electron chi connectivity index (χ4n) is 1.57. The van der Waals surface area contributed by atoms with Gasteiger partial charge in [-0.05, 0) is 30.0 Å². The molecule has 0 unspecified atom stereocenters. The summed E-state index contributed by atoms with van der Waals surface area (Å²) in [5.41, 5.74) is 1.20. The third kappa shape index (κ3) is 2.65. The van der Waals surface area contributed by atoms with Crippen molar-refractivity contribution in [2.75, 3.05) is 5.32 Å². The second-order valence-electron chi connectivity index (χ2n) is 3.80. The van der Waals surface area contributed by atoms with Gasteiger partial charge in [0.25, 0.3) is 5.69 Å². The van der Waals surface area contributed by atoms with Crippen molar-refractivity contribution in [3.63, 3.8) is 0 Å². The predicted molar refractivity (Wildman–Crippen MR) is 69.4 cm³/mol. The van der Waals surface area contributed by atoms with Gasteiger partial charge in [-0.1, -0.05) is 0 Å². The summed E-state index contributed by atoms with van der Waals surface area (Å²) in [5, 5.41) is 15.7. The highest BCUT2D eigenvalue weighted by molar-refractivity contribution is 7.10. The largest absolute Gasteiger partial charge is 0.375 e. The monoisotopic (exact) mass is 266 g/mol. The van der Waals surface area contributed by atoms with Crippen LogP contribution in [0.25, 0.3) is 0 Å². The molecule has 0 radical (unpaired) electrons. The summed E-state index contributed by atoms with van der Waals surface area (Å²) in [6, 6.07) is 5.36. The van der Waals surface area contributed by atoms with Crippen LogP contribution in [0.1, 0.15) is 10.4 Å². The molecule has 0 saturated carbocycles. The van der Waals surface area contributed by atoms with Gasteiger partial charge in [-0.15, -0.1) is 11.3 Å². The Morgan fingerprint density at radius 1 is 1.44 bits per heavy atom. The quantitative estimate of drug-likeness (QED) is 0.678. The van der Waals surface area contributed by atoms with Gasteiger partial charge in [0.05, 0.1) is 4.92 Å². The molecule has 0 spiro atoms. The Balaban J connectivity index is 2.20. The zero-order valence-corrected chi connectivity index (χ0v) is 10.5. The van der Waals surface area contributed by atoms with Crippen LogP contribution in [0.4, 0.5) is 15.8 Å². The van der Waals surface area contributed by atoms with Gasteiger partial charge in [0, 0.05) is 23.6 Å². The van der Waals surface area contributed by atoms with Crippen LogP contribution in [-0.2, 0) is 6.54 Å². The van der Waals surface area contributed by atoms with Crippen LogP contribution in [0.15, 0.2) is 29.6 Å². The van der Waals surface area contributed by atoms with E-state index in [1.165, 1.54) is 6.07 Å². The molecule has 0 aliphatic rings. The Labute approximate surface area is 107 Å². The first kappa shape index (κ1) is 12.5. The molecule has 1 heterocycles. The number of anilines is 1. The molecule has 1 aromatic heterocycles. The average molecular weight is 266 g/mol. The predicted octanol–water partition coefficient (Wildman–Crippen LogP) is 3.72. The molecule has 0 saturated heterocycles. The van der Waals surface area contributed by atoms with Crippen molar-refractivity contribution < 1.29 is 9.31 Å². The van der Waals surface area contributed by atoms with Gasteiger partial charge in [-0.3, -0.25) is 10.1 Å². The molecule has 2 rings (SSSR count). The minimum Gasteiger partial charge on any atom is -0.375 e. The van der Waals surface area contributed by atoms with E-state index in [9.17, 15) is 14.5 Å². The van der Waals surface area contributed by atoms with Crippen molar-refractivity contribution in [1.29, 1.82) is 0 Å². The lowest BCUT2D eigenvalue weighted by molar-refractivity contribution is -0.384. The number of nitrogens with zero attached hydrogens (tertiary/aromatic N) is 1. The molecule has 0 bridgehead atoms. The van der Waals surface area contributed by atoms with Crippen molar-refractivity contribution in [2.24, 2.45) is 0 Å². The average Bonchev–Trinajstić information content (AvgIpc) is 2.72. The molecule has 2 aromatic rings. The molecule has 0 atom stereocenters. The number of benzene rings is 1. The lowest BCUT2D eigenvalue weighted by Crippen LogP contribution is -2.02. The third-order valence-corrected chi connectivity index (χ3v) is 3.59. The number of rotatable bonds is 4. The first-order valence-electron chi connectivity index (χ1n) is 5.28. The maximum absolute atomic E-state index is 13.1. The van der Waals surface area contributed by atoms with E-state index < -0.39 is 10.7 Å². The Morgan fingerprint density at radius 3 is 2.83 bits per heavy atom. The SMILES string of the molecule is Cc1ccsc1CNc1cc(F)ccc1[N+](=O)[O-]. The van der Waals surface area contributed by atoms with Gasteiger partial charge in [0.2, 0.25) is 0 Å². The number of aryl methyl sites for hydroxylation is 1. The lowest BCUT2D eigenvalue weighted by atomic mass is 10.2. The van der Waals surface area contributed by atoms with Crippen LogP contribution in [-0.4, -0.2) is 4.92 Å². The number of halogens is 1. The maximum atomic E-state index is 13.1. The summed E-state index contributed by atoms with van der Waals surface area (Å²) in [6.45, 7) is 2.42. The second-order valence-corrected chi connectivity index (χ2v) is 4.80. The van der Waals surface area contributed by atoms with E-state index in [1.54, 1.807) is 11.3 Å². The second kappa shape index (κ2) is 5.14. The Hall–Kier alpha value is -1.95. The molecule has 6 heteroatoms. The van der Waals surface area contributed by atoms with Gasteiger partial charge in [-0.2, -0.15) is 0 Å². The summed E-state index contributed by atoms with van der Waals surface area (Å²) in [5.74, 6) is -0.494. The van der Waals surface area contributed by atoms with Crippen molar-refractivity contribution >= 4 is 22.7 Å². The van der Waals surface area contributed by atoms with Crippen LogP contribution < -0.4 is 5.32 Å². The minimum atomic E-state index is -0.525. The van der Waals surface area contributed by atoms with Gasteiger partial charge in [-0.25, -0.2) is 4.39 Å². The van der Waals surface area contributed by atoms with E-state index in [1.807, 2.05) is 18.4 Å². The molecule has 0 aliphatic carbocycles. The van der Waals surface area contributed by atoms with Crippen molar-refractivity contribution in [2.45, 2.75) is 13.5 Å². The number of thiophene rings is 1. The first-order chi connectivity index (χ1) is 8.58. The van der Waals surface area contributed by atoms with Gasteiger partial charge >= 0.3 is 0 Å². The molecular weight excluding hydrogens is 255 g/mol. The lowest BCUT2D eigenvalue weighted by Gasteiger charge is -2.06. The van der Waals surface area contributed by atoms with Gasteiger partial charge in [0.15, 0.2) is 0 Å². The van der Waals surface area contributed by atoms with Crippen molar-refractivity contribution in [1.82, 2.24) is 0 Å². The molecule has 18 heavy (non-hydrogen) atoms. The Morgan fingerprint density at radius 2 is 2.22 bits per heavy atom. The summed E-state index contributed by atoms with van der Waals surface area (Å²) in [7, 11) is 0. The van der Waals surface area contributed by atoms with Gasteiger partial charge < -0.3 is 5.32 Å². The van der Waals surface area contributed by atoms with E-state index in [0.717, 1.165) is 22.6 Å². The molecule has 0 aliphatic heterocycles. The number of nitro benzene ring substituents is 1. The standard InChI is InChI=1S/C12H11FN2O2S/c1-8-4-5-18-12(8)7-14-10-6-9(13)2-3-11(10)15(16)17/h2-6,14H,7H2,1H3. The Kier molecular flexibility index (Phi) is 3.57. The van der Waals surface area contributed by atoms with E-state index >= 15 is 0 Å². The highest BCUT2D eigenvalue weighted by atomic mass is 32.1. The minimum absolute atomic E-state index is 0.120. The van der Waals surface area contributed by atoms with Crippen molar-refractivity contribution in [3.8, 4) is 0 Å². The van der Waals surface area contributed by atoms with Crippen LogP contribution >= 0.6 is 11.3 Å². The van der Waals surface area contributed by atoms with Crippen LogP contribution in [0.3, 0.4) is 0 Å². The topological polar surface area (TPSA) is 55.2 Å². The summed E-state index contributed by atoms with van der Waals surface area (Å²) >= 11 is 1.56. The molecule has 94 valence electrons. The normalized spacial score (nSPS) is 10.3. The number of nitrogens with one attached hydrogen (secondary N) is 1. The van der Waals surface area contributed by atoms with E-state index in [-0.39, 0.29) is 11.4 Å². The smallest absolute Gasteiger partial charge is 0.292 e. The highest BCUT2D eigenvalue weighted by Gasteiger charge is 2.14. The molecular formula is C12H11FN2O2S. The van der Waals surface area contributed by atoms with Gasteiger partial charge in [0.1, 0.15) is 11.5 Å². The number of hydrogen-bond donors (Lipinski definition) is 1. The van der Waals surface area contributed by atoms with Crippen LogP contribution in [0.5, 0.6) is 0 Å². The summed E-state index contributed by atoms with van der Waals surface area (Å²) in [6.07, 6.45) is 0. The molecule has 0 fully saturated rings. The number of hydrogen-bond acceptors (Lipinski definition) is 4. The molecule has 4 nitrogen and oxygen atoms in total. The zero-order chi connectivity index (χ0) is 13.1. The summed E-state index contributed by atoms with van der Waals surface area (Å²) < 4.78 is 13.1. The highest BCUT2D eigenvalue weighted by Crippen LogP contribution is 2.26. The molecule has 1 aromatic carbocycles. The van der Waals surface area contributed by atoms with E-state index in [2.05, 4.69) is 5.32 Å². The fourth-order valence-corrected chi connectivity index (χ4v) is 2.42. The summed E-state index contributed by atoms with van der Waals surface area (Å²) in [4.78, 5) is 11.4. The van der Waals surface area contributed by atoms with Crippen molar-refractivity contribution in [3.05, 3.63) is 56.0 Å². The Bertz CT molecular complexity index is 583. The fraction of sp³-hybridized carbons (Fsp3) is 0.167. The molecule has 1 N–H and O–H groups in total. The van der Waals surface area contributed by atoms with E-state index in [4.69, 9.17) is 0 Å². The van der Waals surface area contributed by atoms with Crippen LogP contribution in [0, 0.1) is 22.9 Å². The third-order valence-electron chi connectivity index (χ3n) is 2.56. The maximum Gasteiger partial charge on any atom is 0.292 e. The first-order valence-corrected chi connectivity index (χ1v) is 6.16. The number of nitro groups is 1. The molecule has 0 amide bonds. The van der Waals surface area contributed by atoms with E-state index in [0.29, 0.717) is 6.54 Å².